The Bertz CT molecular complexity index is 7260. The number of pyridine rings is 5. The molecule has 142 heavy (non-hydrogen) atoms. The molecule has 2 aliphatic rings. The molecule has 34 heteroatoms. The first-order valence-corrected chi connectivity index (χ1v) is 45.0. The first kappa shape index (κ1) is 103. The third-order valence-electron chi connectivity index (χ3n) is 22.4. The van der Waals surface area contributed by atoms with Crippen molar-refractivity contribution in [2.75, 3.05) is 61.1 Å². The number of hydrogen-bond acceptors (Lipinski definition) is 20. The lowest BCUT2D eigenvalue weighted by Crippen LogP contribution is -2.08. The Morgan fingerprint density at radius 1 is 0.331 bits per heavy atom. The van der Waals surface area contributed by atoms with Gasteiger partial charge in [-0.3, -0.25) is 0 Å². The van der Waals surface area contributed by atoms with Crippen LogP contribution in [0, 0.1) is 67.3 Å². The highest BCUT2D eigenvalue weighted by molar-refractivity contribution is 9.10. The molecule has 728 valence electrons. The van der Waals surface area contributed by atoms with E-state index >= 15 is 0 Å². The highest BCUT2D eigenvalue weighted by atomic mass is 79.9. The number of carboxylic acids is 5. The quantitative estimate of drug-likeness (QED) is 0.0187. The summed E-state index contributed by atoms with van der Waals surface area (Å²) in [6.07, 6.45) is 12.3. The number of aryl methyl sites for hydroxylation is 4. The number of anilines is 10. The zero-order chi connectivity index (χ0) is 102. The molecule has 0 bridgehead atoms. The first-order valence-electron chi connectivity index (χ1n) is 44.2. The average Bonchev–Trinajstić information content (AvgIpc) is 1.46. The van der Waals surface area contributed by atoms with Crippen molar-refractivity contribution in [3.05, 3.63) is 356 Å². The van der Waals surface area contributed by atoms with E-state index in [2.05, 4.69) is 67.4 Å². The molecule has 10 aromatic carbocycles. The number of aromatic nitrogens is 5. The lowest BCUT2D eigenvalue weighted by molar-refractivity contribution is 0.0686. The standard InChI is InChI=1S/C23H20F2N2O3.C23H21FN2O3.C21H18F2N2O3.C21H19FN2O3.C20H15BrF2N2O3/c1-2-30-16-5-3-4-14(8-16)17-10-20(25)21(11-19(17)24)27-22-18(23(28)29)9-15(12-26-22)13-6-7-13;1-13-8-21(20(24)11-18(13)15-4-3-5-17(9-15)29-2)26-22-19(23(27)28)10-16(12-25-22)14-6-7-14;1-3-12-7-16(21(26)27)20(24-11-12)25-19-17(22)9-14(10-18(19)23)13-5-4-6-15(8-13)28-2;1-12-7-17(21(25)26)20(23-11-12)24-19-8-13(2)16(10-18(19)22)14-5-4-6-15(9-14)27-3;1-2-28-13-5-3-4-11(6-13)14-8-17(23)18(9-16(14)22)25-19-15(20(26)27)7-12(21)10-24-19/h3-5,8-13H,2,6-7H2,1H3,(H,26,27)(H,28,29);3-5,8-12,14H,6-7H2,1-2H3,(H,25,26)(H,27,28);4-11H,3H2,1-2H3,(H,24,25)(H,26,27);4-11H,1-3H3,(H,23,24)(H,25,26);3-10H,2H2,1H3,(H,24,25)(H,26,27). The van der Waals surface area contributed by atoms with Gasteiger partial charge in [-0.05, 0) is 312 Å². The van der Waals surface area contributed by atoms with E-state index in [0.717, 1.165) is 94.5 Å². The molecule has 2 aliphatic carbocycles. The fraction of sp³-hybridized carbons (Fsp3) is 0.167. The van der Waals surface area contributed by atoms with Gasteiger partial charge in [0, 0.05) is 58.7 Å². The fourth-order valence-corrected chi connectivity index (χ4v) is 15.2. The largest absolute Gasteiger partial charge is 0.497 e. The van der Waals surface area contributed by atoms with Gasteiger partial charge in [0.25, 0.3) is 0 Å². The predicted molar refractivity (Wildman–Crippen MR) is 529 cm³/mol. The third kappa shape index (κ3) is 26.0. The van der Waals surface area contributed by atoms with Gasteiger partial charge in [0.15, 0.2) is 0 Å². The van der Waals surface area contributed by atoms with Crippen LogP contribution in [0.3, 0.4) is 0 Å². The topological polar surface area (TPSA) is 357 Å². The zero-order valence-corrected chi connectivity index (χ0v) is 79.2. The van der Waals surface area contributed by atoms with Crippen LogP contribution in [0.5, 0.6) is 28.7 Å². The highest BCUT2D eigenvalue weighted by Crippen LogP contribution is 2.45. The maximum atomic E-state index is 14.9. The summed E-state index contributed by atoms with van der Waals surface area (Å²) in [7, 11) is 4.67. The molecule has 0 radical (unpaired) electrons. The summed E-state index contributed by atoms with van der Waals surface area (Å²) in [6.45, 7) is 11.9. The number of rotatable bonds is 30. The van der Waals surface area contributed by atoms with E-state index < -0.39 is 82.1 Å². The summed E-state index contributed by atoms with van der Waals surface area (Å²) in [4.78, 5) is 78.0. The maximum Gasteiger partial charge on any atom is 0.339 e. The number of carboxylic acid groups (broad SMARTS) is 5. The SMILES string of the molecule is CCOc1cccc(-c2cc(F)c(Nc3ncc(Br)cc3C(=O)O)cc2F)c1.CCOc1cccc(-c2cc(F)c(Nc3ncc(C4CC4)cc3C(=O)O)cc2F)c1.CCc1cnc(Nc2c(F)cc(-c3cccc(OC)c3)cc2F)c(C(=O)O)c1.COc1cccc(-c2cc(F)c(Nc3ncc(C)cc3C(=O)O)cc2C)c1.COc1cccc(-c2cc(F)c(Nc3ncc(C4CC4)cc3C(=O)O)cc2C)c1. The molecule has 0 spiro atoms. The summed E-state index contributed by atoms with van der Waals surface area (Å²) in [5.41, 5.74) is 9.06. The number of methoxy groups -OCH3 is 3. The summed E-state index contributed by atoms with van der Waals surface area (Å²) >= 11 is 3.13. The second-order valence-corrected chi connectivity index (χ2v) is 33.3. The van der Waals surface area contributed by atoms with Crippen LogP contribution in [0.25, 0.3) is 55.6 Å². The Morgan fingerprint density at radius 3 is 1.03 bits per heavy atom. The van der Waals surface area contributed by atoms with Crippen LogP contribution in [0.1, 0.15) is 143 Å². The van der Waals surface area contributed by atoms with Crippen molar-refractivity contribution in [2.24, 2.45) is 0 Å². The third-order valence-corrected chi connectivity index (χ3v) is 22.8. The molecule has 0 amide bonds. The van der Waals surface area contributed by atoms with Crippen molar-refractivity contribution < 1.29 is 108 Å². The number of ether oxygens (including phenoxy) is 5. The highest BCUT2D eigenvalue weighted by Gasteiger charge is 2.30. The minimum Gasteiger partial charge on any atom is -0.497 e. The maximum absolute atomic E-state index is 14.9. The predicted octanol–water partition coefficient (Wildman–Crippen LogP) is 26.9. The molecule has 10 N–H and O–H groups in total. The van der Waals surface area contributed by atoms with E-state index in [4.69, 9.17) is 23.7 Å². The molecule has 0 aliphatic heterocycles. The molecular weight excluding hydrogens is 1910 g/mol. The second kappa shape index (κ2) is 46.6. The smallest absolute Gasteiger partial charge is 0.339 e. The molecule has 5 heterocycles. The van der Waals surface area contributed by atoms with E-state index in [1.165, 1.54) is 74.2 Å². The van der Waals surface area contributed by atoms with E-state index in [9.17, 15) is 84.6 Å². The van der Waals surface area contributed by atoms with Gasteiger partial charge in [0.05, 0.1) is 57.3 Å². The molecule has 0 saturated heterocycles. The first-order chi connectivity index (χ1) is 68.1. The molecule has 5 aromatic heterocycles. The van der Waals surface area contributed by atoms with Crippen LogP contribution < -0.4 is 50.3 Å². The van der Waals surface area contributed by atoms with Crippen LogP contribution >= 0.6 is 15.9 Å². The Morgan fingerprint density at radius 2 is 0.648 bits per heavy atom. The van der Waals surface area contributed by atoms with Gasteiger partial charge in [-0.25, -0.2) is 84.0 Å². The van der Waals surface area contributed by atoms with Crippen molar-refractivity contribution in [2.45, 2.75) is 85.5 Å². The second-order valence-electron chi connectivity index (χ2n) is 32.4. The van der Waals surface area contributed by atoms with Crippen molar-refractivity contribution in [3.8, 4) is 84.4 Å². The van der Waals surface area contributed by atoms with E-state index in [1.807, 2.05) is 83.1 Å². The van der Waals surface area contributed by atoms with Gasteiger partial charge in [-0.2, -0.15) is 0 Å². The van der Waals surface area contributed by atoms with Crippen LogP contribution in [0.2, 0.25) is 0 Å². The van der Waals surface area contributed by atoms with E-state index in [0.29, 0.717) is 98.1 Å². The minimum absolute atomic E-state index is 0.0103. The van der Waals surface area contributed by atoms with Crippen molar-refractivity contribution >= 4 is 103 Å². The average molecular weight is 2000 g/mol. The Hall–Kier alpha value is -16.8. The lowest BCUT2D eigenvalue weighted by atomic mass is 9.99. The zero-order valence-electron chi connectivity index (χ0n) is 77.7. The van der Waals surface area contributed by atoms with Crippen molar-refractivity contribution in [1.82, 2.24) is 24.9 Å². The number of benzene rings is 10. The summed E-state index contributed by atoms with van der Waals surface area (Å²) in [5.74, 6) is -7.68. The van der Waals surface area contributed by atoms with Gasteiger partial charge in [0.1, 0.15) is 138 Å². The van der Waals surface area contributed by atoms with Gasteiger partial charge in [0.2, 0.25) is 0 Å². The molecule has 2 saturated carbocycles. The molecule has 0 atom stereocenters. The van der Waals surface area contributed by atoms with Crippen LogP contribution in [0.15, 0.2) is 248 Å². The van der Waals surface area contributed by atoms with Crippen LogP contribution in [-0.2, 0) is 6.42 Å². The fourth-order valence-electron chi connectivity index (χ4n) is 14.9. The number of aromatic carboxylic acids is 5. The van der Waals surface area contributed by atoms with Gasteiger partial charge >= 0.3 is 29.8 Å². The van der Waals surface area contributed by atoms with Crippen molar-refractivity contribution in [1.29, 1.82) is 0 Å². The van der Waals surface area contributed by atoms with Crippen molar-refractivity contribution in [3.63, 3.8) is 0 Å². The normalized spacial score (nSPS) is 11.6. The molecule has 25 nitrogen and oxygen atoms in total. The van der Waals surface area contributed by atoms with Gasteiger partial charge in [-0.15, -0.1) is 0 Å². The minimum atomic E-state index is -1.25. The summed E-state index contributed by atoms with van der Waals surface area (Å²) < 4.78 is 145. The molecule has 17 rings (SSSR count). The molecular formula is C108H93BrF8N10O15. The molecule has 15 aromatic rings. The number of carbonyl (C=O) groups is 5. The van der Waals surface area contributed by atoms with Crippen LogP contribution in [-0.4, -0.2) is 115 Å². The van der Waals surface area contributed by atoms with Gasteiger partial charge in [-0.1, -0.05) is 67.6 Å². The summed E-state index contributed by atoms with van der Waals surface area (Å²) in [6, 6.07) is 55.0. The van der Waals surface area contributed by atoms with E-state index in [1.54, 1.807) is 125 Å². The lowest BCUT2D eigenvalue weighted by Gasteiger charge is -2.14. The summed E-state index contributed by atoms with van der Waals surface area (Å²) in [5, 5.41) is 60.3. The Kier molecular flexibility index (Phi) is 33.7. The van der Waals surface area contributed by atoms with Crippen LogP contribution in [0.4, 0.5) is 92.6 Å². The Balaban J connectivity index is 0.000000149. The van der Waals surface area contributed by atoms with Gasteiger partial charge < -0.3 is 75.8 Å². The number of nitrogens with one attached hydrogen (secondary N) is 5. The monoisotopic (exact) mass is 2000 g/mol. The molecule has 2 fully saturated rings. The molecule has 0 unspecified atom stereocenters. The number of hydrogen-bond donors (Lipinski definition) is 10. The van der Waals surface area contributed by atoms with E-state index in [-0.39, 0.29) is 90.8 Å². The number of nitrogens with zero attached hydrogens (tertiary/aromatic N) is 5. The number of halogens is 9. The Labute approximate surface area is 818 Å².